The highest BCUT2D eigenvalue weighted by Crippen LogP contribution is 2.23. The lowest BCUT2D eigenvalue weighted by Gasteiger charge is -1.95. The molecule has 0 saturated carbocycles. The Hall–Kier alpha value is -1.98. The molecule has 7 heteroatoms. The van der Waals surface area contributed by atoms with Crippen molar-refractivity contribution in [2.24, 2.45) is 0 Å². The third-order valence-corrected chi connectivity index (χ3v) is 2.61. The second-order valence-electron chi connectivity index (χ2n) is 3.52. The van der Waals surface area contributed by atoms with Crippen molar-refractivity contribution in [3.63, 3.8) is 0 Å². The zero-order valence-corrected chi connectivity index (χ0v) is 11.2. The Labute approximate surface area is 119 Å². The van der Waals surface area contributed by atoms with Gasteiger partial charge in [-0.2, -0.15) is 0 Å². The molecule has 0 amide bonds. The largest absolute Gasteiger partial charge is 0.399 e. The minimum Gasteiger partial charge on any atom is -0.399 e. The molecule has 2 rings (SSSR count). The first-order valence-electron chi connectivity index (χ1n) is 5.10. The zero-order chi connectivity index (χ0) is 14.4. The van der Waals surface area contributed by atoms with E-state index in [1.54, 1.807) is 18.2 Å². The maximum atomic E-state index is 10.2. The third-order valence-electron chi connectivity index (χ3n) is 2.04. The summed E-state index contributed by atoms with van der Waals surface area (Å²) in [5.74, 6) is 0. The molecule has 0 aliphatic heterocycles. The van der Waals surface area contributed by atoms with Crippen molar-refractivity contribution in [2.75, 3.05) is 11.5 Å². The van der Waals surface area contributed by atoms with Gasteiger partial charge < -0.3 is 11.5 Å². The number of hydrogen-bond donors (Lipinski definition) is 2. The van der Waals surface area contributed by atoms with E-state index in [1.165, 1.54) is 18.2 Å². The van der Waals surface area contributed by atoms with Gasteiger partial charge in [-0.15, -0.1) is 0 Å². The summed E-state index contributed by atoms with van der Waals surface area (Å²) in [6.45, 7) is 0. The van der Waals surface area contributed by atoms with Gasteiger partial charge in [-0.3, -0.25) is 10.1 Å². The van der Waals surface area contributed by atoms with Gasteiger partial charge in [-0.1, -0.05) is 29.3 Å². The van der Waals surface area contributed by atoms with Crippen molar-refractivity contribution in [1.82, 2.24) is 0 Å². The number of anilines is 2. The molecule has 0 aliphatic rings. The normalized spacial score (nSPS) is 9.37. The standard InChI is InChI=1S/C6H5ClN2O2.C6H6ClN/c7-5-3-4(9(10)11)1-2-6(5)8;7-5-2-1-3-6(8)4-5/h1-3H,8H2;1-4H,8H2. The predicted octanol–water partition coefficient (Wildman–Crippen LogP) is 3.75. The van der Waals surface area contributed by atoms with Gasteiger partial charge in [-0.05, 0) is 24.3 Å². The Morgan fingerprint density at radius 2 is 1.74 bits per heavy atom. The number of halogens is 2. The van der Waals surface area contributed by atoms with E-state index in [4.69, 9.17) is 34.7 Å². The van der Waals surface area contributed by atoms with Crippen LogP contribution in [0.1, 0.15) is 0 Å². The quantitative estimate of drug-likeness (QED) is 0.476. The van der Waals surface area contributed by atoms with Crippen LogP contribution in [0.25, 0.3) is 0 Å². The summed E-state index contributed by atoms with van der Waals surface area (Å²) in [5.41, 5.74) is 11.7. The Morgan fingerprint density at radius 1 is 1.05 bits per heavy atom. The molecule has 4 N–H and O–H groups in total. The lowest BCUT2D eigenvalue weighted by molar-refractivity contribution is -0.384. The minimum atomic E-state index is -0.522. The summed E-state index contributed by atoms with van der Waals surface area (Å²) in [7, 11) is 0. The minimum absolute atomic E-state index is 0.0517. The SMILES string of the molecule is Nc1ccc([N+](=O)[O-])cc1Cl.Nc1cccc(Cl)c1. The van der Waals surface area contributed by atoms with Crippen LogP contribution in [0.15, 0.2) is 42.5 Å². The van der Waals surface area contributed by atoms with Gasteiger partial charge in [0.25, 0.3) is 5.69 Å². The number of non-ortho nitro benzene ring substituents is 1. The zero-order valence-electron chi connectivity index (χ0n) is 9.72. The molecule has 100 valence electrons. The second kappa shape index (κ2) is 6.82. The molecule has 0 aromatic heterocycles. The molecular weight excluding hydrogens is 289 g/mol. The summed E-state index contributed by atoms with van der Waals surface area (Å²) < 4.78 is 0. The molecule has 0 radical (unpaired) electrons. The van der Waals surface area contributed by atoms with Crippen LogP contribution >= 0.6 is 23.2 Å². The van der Waals surface area contributed by atoms with Gasteiger partial charge in [0, 0.05) is 22.8 Å². The van der Waals surface area contributed by atoms with Crippen LogP contribution in [-0.2, 0) is 0 Å². The molecule has 0 atom stereocenters. The molecule has 0 bridgehead atoms. The van der Waals surface area contributed by atoms with Crippen molar-refractivity contribution in [3.8, 4) is 0 Å². The van der Waals surface area contributed by atoms with Gasteiger partial charge >= 0.3 is 0 Å². The average Bonchev–Trinajstić information content (AvgIpc) is 2.33. The number of rotatable bonds is 1. The molecule has 0 saturated heterocycles. The highest BCUT2D eigenvalue weighted by atomic mass is 35.5. The van der Waals surface area contributed by atoms with Crippen LogP contribution in [-0.4, -0.2) is 4.92 Å². The van der Waals surface area contributed by atoms with E-state index in [2.05, 4.69) is 0 Å². The number of nitro benzene ring substituents is 1. The second-order valence-corrected chi connectivity index (χ2v) is 4.36. The van der Waals surface area contributed by atoms with E-state index >= 15 is 0 Å². The van der Waals surface area contributed by atoms with Crippen molar-refractivity contribution in [1.29, 1.82) is 0 Å². The van der Waals surface area contributed by atoms with Crippen LogP contribution in [0.2, 0.25) is 10.0 Å². The predicted molar refractivity (Wildman–Crippen MR) is 78.4 cm³/mol. The molecule has 0 fully saturated rings. The maximum Gasteiger partial charge on any atom is 0.271 e. The van der Waals surface area contributed by atoms with Gasteiger partial charge in [0.1, 0.15) is 0 Å². The van der Waals surface area contributed by atoms with E-state index in [0.29, 0.717) is 16.4 Å². The maximum absolute atomic E-state index is 10.2. The topological polar surface area (TPSA) is 95.2 Å². The van der Waals surface area contributed by atoms with Crippen molar-refractivity contribution >= 4 is 40.3 Å². The Balaban J connectivity index is 0.000000200. The van der Waals surface area contributed by atoms with E-state index in [1.807, 2.05) is 6.07 Å². The van der Waals surface area contributed by atoms with Crippen molar-refractivity contribution < 1.29 is 4.92 Å². The summed E-state index contributed by atoms with van der Waals surface area (Å²) in [6.07, 6.45) is 0. The van der Waals surface area contributed by atoms with E-state index in [9.17, 15) is 10.1 Å². The van der Waals surface area contributed by atoms with Gasteiger partial charge in [-0.25, -0.2) is 0 Å². The highest BCUT2D eigenvalue weighted by molar-refractivity contribution is 6.33. The Kier molecular flexibility index (Phi) is 5.41. The van der Waals surface area contributed by atoms with Gasteiger partial charge in [0.2, 0.25) is 0 Å². The first-order valence-corrected chi connectivity index (χ1v) is 5.86. The highest BCUT2D eigenvalue weighted by Gasteiger charge is 2.06. The number of nitrogen functional groups attached to an aromatic ring is 2. The van der Waals surface area contributed by atoms with E-state index in [0.717, 1.165) is 0 Å². The fourth-order valence-corrected chi connectivity index (χ4v) is 1.51. The molecule has 19 heavy (non-hydrogen) atoms. The van der Waals surface area contributed by atoms with Crippen molar-refractivity contribution in [2.45, 2.75) is 0 Å². The van der Waals surface area contributed by atoms with Gasteiger partial charge in [0.05, 0.1) is 15.6 Å². The number of nitro groups is 1. The summed E-state index contributed by atoms with van der Waals surface area (Å²) in [5, 5.41) is 11.1. The summed E-state index contributed by atoms with van der Waals surface area (Å²) in [6, 6.07) is 11.0. The summed E-state index contributed by atoms with van der Waals surface area (Å²) >= 11 is 11.1. The van der Waals surface area contributed by atoms with E-state index in [-0.39, 0.29) is 10.7 Å². The van der Waals surface area contributed by atoms with Crippen LogP contribution in [0.4, 0.5) is 17.1 Å². The monoisotopic (exact) mass is 299 g/mol. The van der Waals surface area contributed by atoms with Gasteiger partial charge in [0.15, 0.2) is 0 Å². The molecular formula is C12H11Cl2N3O2. The number of hydrogen-bond acceptors (Lipinski definition) is 4. The summed E-state index contributed by atoms with van der Waals surface area (Å²) in [4.78, 5) is 9.65. The molecule has 0 aliphatic carbocycles. The Bertz CT molecular complexity index is 574. The smallest absolute Gasteiger partial charge is 0.271 e. The molecule has 2 aromatic rings. The lowest BCUT2D eigenvalue weighted by atomic mass is 10.3. The van der Waals surface area contributed by atoms with Crippen LogP contribution in [0.3, 0.4) is 0 Å². The molecule has 5 nitrogen and oxygen atoms in total. The number of nitrogens with two attached hydrogens (primary N) is 2. The first kappa shape index (κ1) is 15.1. The number of benzene rings is 2. The molecule has 0 unspecified atom stereocenters. The van der Waals surface area contributed by atoms with E-state index < -0.39 is 4.92 Å². The lowest BCUT2D eigenvalue weighted by Crippen LogP contribution is -1.90. The average molecular weight is 300 g/mol. The first-order chi connectivity index (χ1) is 8.90. The Morgan fingerprint density at radius 3 is 2.16 bits per heavy atom. The van der Waals surface area contributed by atoms with Crippen LogP contribution < -0.4 is 11.5 Å². The fourth-order valence-electron chi connectivity index (χ4n) is 1.14. The van der Waals surface area contributed by atoms with Crippen LogP contribution in [0.5, 0.6) is 0 Å². The molecule has 2 aromatic carbocycles. The number of nitrogens with zero attached hydrogens (tertiary/aromatic N) is 1. The van der Waals surface area contributed by atoms with Crippen molar-refractivity contribution in [3.05, 3.63) is 62.6 Å². The molecule has 0 spiro atoms. The van der Waals surface area contributed by atoms with Crippen LogP contribution in [0, 0.1) is 10.1 Å². The fraction of sp³-hybridized carbons (Fsp3) is 0. The molecule has 0 heterocycles. The third kappa shape index (κ3) is 5.03.